The molecule has 1 aliphatic carbocycles. The summed E-state index contributed by atoms with van der Waals surface area (Å²) in [6.45, 7) is 0. The van der Waals surface area contributed by atoms with E-state index in [1.165, 1.54) is 0 Å². The van der Waals surface area contributed by atoms with Gasteiger partial charge in [-0.05, 0) is 31.4 Å². The van der Waals surface area contributed by atoms with E-state index in [1.807, 2.05) is 0 Å². The van der Waals surface area contributed by atoms with Gasteiger partial charge in [0.1, 0.15) is 9.84 Å². The third-order valence-corrected chi connectivity index (χ3v) is 5.45. The molecule has 0 spiro atoms. The fraction of sp³-hybridized carbons (Fsp3) is 0.500. The van der Waals surface area contributed by atoms with Gasteiger partial charge in [0.25, 0.3) is 5.91 Å². The van der Waals surface area contributed by atoms with Crippen LogP contribution in [0.3, 0.4) is 0 Å². The lowest BCUT2D eigenvalue weighted by molar-refractivity contribution is 0.0926. The number of hydrogen-bond acceptors (Lipinski definition) is 3. The van der Waals surface area contributed by atoms with Gasteiger partial charge in [-0.3, -0.25) is 4.79 Å². The molecule has 4 nitrogen and oxygen atoms in total. The van der Waals surface area contributed by atoms with Gasteiger partial charge in [0, 0.05) is 17.9 Å². The minimum Gasteiger partial charge on any atom is -0.349 e. The summed E-state index contributed by atoms with van der Waals surface area (Å²) in [5, 5.41) is 2.02. The van der Waals surface area contributed by atoms with Gasteiger partial charge in [0.2, 0.25) is 0 Å². The summed E-state index contributed by atoms with van der Waals surface area (Å²) < 4.78 is 62.2. The molecule has 1 N–H and O–H groups in total. The monoisotopic (exact) mass is 335 g/mol. The number of sulfone groups is 1. The van der Waals surface area contributed by atoms with Crippen LogP contribution in [0.2, 0.25) is 0 Å². The first-order valence-electron chi connectivity index (χ1n) is 6.82. The Morgan fingerprint density at radius 2 is 1.77 bits per heavy atom. The maximum atomic E-state index is 13.1. The molecule has 2 unspecified atom stereocenters. The number of nitrogens with one attached hydrogen (secondary N) is 1. The molecule has 122 valence electrons. The van der Waals surface area contributed by atoms with Crippen molar-refractivity contribution in [1.82, 2.24) is 5.32 Å². The fourth-order valence-corrected chi connectivity index (χ4v) is 3.80. The molecule has 2 atom stereocenters. The number of halogens is 3. The van der Waals surface area contributed by atoms with Gasteiger partial charge in [-0.15, -0.1) is 0 Å². The smallest absolute Gasteiger partial charge is 0.251 e. The Balaban J connectivity index is 2.09. The Hall–Kier alpha value is -1.57. The maximum absolute atomic E-state index is 13.1. The summed E-state index contributed by atoms with van der Waals surface area (Å²) in [6, 6.07) is 0.840. The van der Waals surface area contributed by atoms with Crippen LogP contribution in [0.25, 0.3) is 0 Å². The van der Waals surface area contributed by atoms with Gasteiger partial charge in [-0.2, -0.15) is 0 Å². The lowest BCUT2D eigenvalue weighted by Gasteiger charge is -2.28. The van der Waals surface area contributed by atoms with E-state index in [-0.39, 0.29) is 12.0 Å². The van der Waals surface area contributed by atoms with E-state index >= 15 is 0 Å². The lowest BCUT2D eigenvalue weighted by Crippen LogP contribution is -2.41. The molecule has 1 amide bonds. The van der Waals surface area contributed by atoms with Gasteiger partial charge in [-0.25, -0.2) is 21.6 Å². The Morgan fingerprint density at radius 1 is 1.18 bits per heavy atom. The second-order valence-corrected chi connectivity index (χ2v) is 7.87. The number of rotatable bonds is 3. The molecular weight excluding hydrogens is 319 g/mol. The molecule has 8 heteroatoms. The number of hydrogen-bond donors (Lipinski definition) is 1. The first-order chi connectivity index (χ1) is 10.2. The van der Waals surface area contributed by atoms with Crippen LogP contribution >= 0.6 is 0 Å². The van der Waals surface area contributed by atoms with Crippen molar-refractivity contribution in [1.29, 1.82) is 0 Å². The summed E-state index contributed by atoms with van der Waals surface area (Å²) in [5.74, 6) is -5.27. The molecule has 1 saturated carbocycles. The largest absolute Gasteiger partial charge is 0.349 e. The van der Waals surface area contributed by atoms with Crippen molar-refractivity contribution >= 4 is 15.7 Å². The maximum Gasteiger partial charge on any atom is 0.251 e. The molecule has 0 aromatic heterocycles. The molecule has 1 fully saturated rings. The van der Waals surface area contributed by atoms with Crippen molar-refractivity contribution in [2.45, 2.75) is 37.0 Å². The Bertz CT molecular complexity index is 668. The summed E-state index contributed by atoms with van der Waals surface area (Å²) in [7, 11) is -3.20. The molecule has 0 heterocycles. The number of amides is 1. The van der Waals surface area contributed by atoms with Gasteiger partial charge in [0.15, 0.2) is 17.5 Å². The Kier molecular flexibility index (Phi) is 4.79. The van der Waals surface area contributed by atoms with Crippen LogP contribution in [0.15, 0.2) is 12.1 Å². The third kappa shape index (κ3) is 3.79. The van der Waals surface area contributed by atoms with Gasteiger partial charge >= 0.3 is 0 Å². The minimum atomic E-state index is -3.20. The van der Waals surface area contributed by atoms with Gasteiger partial charge in [0.05, 0.1) is 5.25 Å². The van der Waals surface area contributed by atoms with E-state index in [0.29, 0.717) is 31.4 Å². The second-order valence-electron chi connectivity index (χ2n) is 5.54. The first kappa shape index (κ1) is 16.8. The number of benzene rings is 1. The first-order valence-corrected chi connectivity index (χ1v) is 8.78. The summed E-state index contributed by atoms with van der Waals surface area (Å²) in [4.78, 5) is 12.0. The molecule has 1 aliphatic rings. The Labute approximate surface area is 126 Å². The molecule has 0 radical (unpaired) electrons. The fourth-order valence-electron chi connectivity index (χ4n) is 2.62. The summed E-state index contributed by atoms with van der Waals surface area (Å²) >= 11 is 0. The average Bonchev–Trinajstić information content (AvgIpc) is 2.43. The van der Waals surface area contributed by atoms with Gasteiger partial charge < -0.3 is 5.32 Å². The van der Waals surface area contributed by atoms with Crippen LogP contribution in [0, 0.1) is 17.5 Å². The van der Waals surface area contributed by atoms with E-state index in [0.717, 1.165) is 6.26 Å². The van der Waals surface area contributed by atoms with E-state index in [2.05, 4.69) is 5.32 Å². The van der Waals surface area contributed by atoms with Crippen molar-refractivity contribution in [3.05, 3.63) is 35.1 Å². The normalized spacial score (nSPS) is 22.4. The van der Waals surface area contributed by atoms with Crippen LogP contribution < -0.4 is 5.32 Å². The summed E-state index contributed by atoms with van der Waals surface area (Å²) in [5.41, 5.74) is -0.335. The Morgan fingerprint density at radius 3 is 2.32 bits per heavy atom. The highest BCUT2D eigenvalue weighted by Crippen LogP contribution is 2.24. The van der Waals surface area contributed by atoms with Crippen molar-refractivity contribution in [3.8, 4) is 0 Å². The second kappa shape index (κ2) is 6.28. The van der Waals surface area contributed by atoms with Crippen molar-refractivity contribution < 1.29 is 26.4 Å². The summed E-state index contributed by atoms with van der Waals surface area (Å²) in [6.07, 6.45) is 3.16. The lowest BCUT2D eigenvalue weighted by atomic mass is 9.94. The molecular formula is C14H16F3NO3S. The van der Waals surface area contributed by atoms with E-state index < -0.39 is 44.5 Å². The van der Waals surface area contributed by atoms with Crippen molar-refractivity contribution in [2.75, 3.05) is 6.26 Å². The topological polar surface area (TPSA) is 63.2 Å². The predicted octanol–water partition coefficient (Wildman–Crippen LogP) is 2.19. The van der Waals surface area contributed by atoms with Crippen LogP contribution in [0.1, 0.15) is 36.0 Å². The highest BCUT2D eigenvalue weighted by Gasteiger charge is 2.30. The zero-order chi connectivity index (χ0) is 16.5. The zero-order valence-corrected chi connectivity index (χ0v) is 12.7. The SMILES string of the molecule is CS(=O)(=O)C1CCCC(NC(=O)c2cc(F)c(F)c(F)c2)C1. The zero-order valence-electron chi connectivity index (χ0n) is 11.9. The molecule has 1 aromatic carbocycles. The number of carbonyl (C=O) groups is 1. The van der Waals surface area contributed by atoms with E-state index in [1.54, 1.807) is 0 Å². The molecule has 0 saturated heterocycles. The van der Waals surface area contributed by atoms with Crippen LogP contribution in [-0.4, -0.2) is 31.9 Å². The van der Waals surface area contributed by atoms with E-state index in [9.17, 15) is 26.4 Å². The molecule has 22 heavy (non-hydrogen) atoms. The average molecular weight is 335 g/mol. The molecule has 0 bridgehead atoms. The quantitative estimate of drug-likeness (QED) is 0.861. The standard InChI is InChI=1S/C14H16F3NO3S/c1-22(20,21)10-4-2-3-9(7-10)18-14(19)8-5-11(15)13(17)12(16)6-8/h5-6,9-10H,2-4,7H2,1H3,(H,18,19). The number of carbonyl (C=O) groups excluding carboxylic acids is 1. The van der Waals surface area contributed by atoms with Crippen molar-refractivity contribution in [2.24, 2.45) is 0 Å². The molecule has 0 aliphatic heterocycles. The predicted molar refractivity (Wildman–Crippen MR) is 74.7 cm³/mol. The van der Waals surface area contributed by atoms with Crippen LogP contribution in [0.4, 0.5) is 13.2 Å². The minimum absolute atomic E-state index is 0.261. The van der Waals surface area contributed by atoms with Crippen LogP contribution in [-0.2, 0) is 9.84 Å². The molecule has 1 aromatic rings. The van der Waals surface area contributed by atoms with Gasteiger partial charge in [-0.1, -0.05) is 6.42 Å². The highest BCUT2D eigenvalue weighted by atomic mass is 32.2. The van der Waals surface area contributed by atoms with E-state index in [4.69, 9.17) is 0 Å². The third-order valence-electron chi connectivity index (χ3n) is 3.81. The molecule has 2 rings (SSSR count). The van der Waals surface area contributed by atoms with Crippen LogP contribution in [0.5, 0.6) is 0 Å². The van der Waals surface area contributed by atoms with Crippen molar-refractivity contribution in [3.63, 3.8) is 0 Å². The highest BCUT2D eigenvalue weighted by molar-refractivity contribution is 7.91.